The molecule has 1 aliphatic rings. The molecule has 0 aliphatic carbocycles. The highest BCUT2D eigenvalue weighted by atomic mass is 32.1. The van der Waals surface area contributed by atoms with Crippen LogP contribution in [0.2, 0.25) is 0 Å². The number of nitrogens with two attached hydrogens (primary N) is 1. The summed E-state index contributed by atoms with van der Waals surface area (Å²) in [6.45, 7) is 5.59. The number of benzene rings is 2. The van der Waals surface area contributed by atoms with Crippen molar-refractivity contribution >= 4 is 39.4 Å². The number of hydrogen-bond donors (Lipinski definition) is 2. The molecule has 10 heteroatoms. The number of rotatable bonds is 8. The van der Waals surface area contributed by atoms with E-state index in [9.17, 15) is 13.6 Å². The average Bonchev–Trinajstić information content (AvgIpc) is 3.19. The van der Waals surface area contributed by atoms with Crippen LogP contribution < -0.4 is 16.0 Å². The van der Waals surface area contributed by atoms with Crippen molar-refractivity contribution in [2.45, 2.75) is 0 Å². The maximum absolute atomic E-state index is 13.5. The molecule has 7 nitrogen and oxygen atoms in total. The van der Waals surface area contributed by atoms with E-state index in [1.54, 1.807) is 7.11 Å². The average molecular weight is 474 g/mol. The normalized spacial score (nSPS) is 14.5. The molecule has 4 rings (SSSR count). The lowest BCUT2D eigenvalue weighted by molar-refractivity contribution is 0.104. The van der Waals surface area contributed by atoms with Gasteiger partial charge in [0.05, 0.1) is 6.61 Å². The maximum atomic E-state index is 13.5. The highest BCUT2D eigenvalue weighted by Gasteiger charge is 2.20. The van der Waals surface area contributed by atoms with E-state index in [2.05, 4.69) is 20.1 Å². The Morgan fingerprint density at radius 2 is 1.85 bits per heavy atom. The SMILES string of the molecule is COCCN1CCN(c2ccc(Nc3nc(N)c(C(=O)c4ccc(F)c(F)c4)s3)cc2)CC1. The van der Waals surface area contributed by atoms with Gasteiger partial charge in [-0.15, -0.1) is 0 Å². The van der Waals surface area contributed by atoms with E-state index in [1.807, 2.05) is 24.3 Å². The van der Waals surface area contributed by atoms with Gasteiger partial charge in [-0.25, -0.2) is 13.8 Å². The molecule has 1 aromatic heterocycles. The summed E-state index contributed by atoms with van der Waals surface area (Å²) in [5, 5.41) is 3.60. The number of aromatic nitrogens is 1. The van der Waals surface area contributed by atoms with Crippen LogP contribution in [0.5, 0.6) is 0 Å². The molecule has 0 spiro atoms. The molecule has 0 unspecified atom stereocenters. The van der Waals surface area contributed by atoms with Gasteiger partial charge in [-0.3, -0.25) is 9.69 Å². The molecule has 2 heterocycles. The fourth-order valence-corrected chi connectivity index (χ4v) is 4.51. The number of methoxy groups -OCH3 is 1. The minimum absolute atomic E-state index is 0.0162. The first-order valence-corrected chi connectivity index (χ1v) is 11.4. The first-order chi connectivity index (χ1) is 15.9. The van der Waals surface area contributed by atoms with E-state index in [-0.39, 0.29) is 16.3 Å². The summed E-state index contributed by atoms with van der Waals surface area (Å²) >= 11 is 1.07. The maximum Gasteiger partial charge on any atom is 0.206 e. The molecular weight excluding hydrogens is 448 g/mol. The van der Waals surface area contributed by atoms with Crippen molar-refractivity contribution in [3.05, 3.63) is 64.5 Å². The van der Waals surface area contributed by atoms with Crippen molar-refractivity contribution < 1.29 is 18.3 Å². The molecule has 0 amide bonds. The summed E-state index contributed by atoms with van der Waals surface area (Å²) in [6, 6.07) is 11.0. The number of carbonyl (C=O) groups is 1. The molecule has 0 radical (unpaired) electrons. The standard InChI is InChI=1S/C23H25F2N5O2S/c1-32-13-12-29-8-10-30(11-9-29)17-5-3-16(4-6-17)27-23-28-22(26)21(33-23)20(31)15-2-7-18(24)19(25)14-15/h2-7,14H,8-13,26H2,1H3,(H,27,28). The van der Waals surface area contributed by atoms with Gasteiger partial charge in [-0.05, 0) is 42.5 Å². The third kappa shape index (κ3) is 5.47. The molecule has 0 atom stereocenters. The number of nitrogens with zero attached hydrogens (tertiary/aromatic N) is 3. The number of halogens is 2. The Kier molecular flexibility index (Phi) is 7.17. The first-order valence-electron chi connectivity index (χ1n) is 10.5. The summed E-state index contributed by atoms with van der Waals surface area (Å²) < 4.78 is 31.8. The lowest BCUT2D eigenvalue weighted by Crippen LogP contribution is -2.47. The molecule has 0 bridgehead atoms. The van der Waals surface area contributed by atoms with Crippen LogP contribution >= 0.6 is 11.3 Å². The molecule has 3 N–H and O–H groups in total. The molecule has 1 saturated heterocycles. The van der Waals surface area contributed by atoms with Gasteiger partial charge in [-0.2, -0.15) is 0 Å². The van der Waals surface area contributed by atoms with Gasteiger partial charge in [-0.1, -0.05) is 11.3 Å². The Morgan fingerprint density at radius 3 is 2.52 bits per heavy atom. The summed E-state index contributed by atoms with van der Waals surface area (Å²) in [6.07, 6.45) is 0. The lowest BCUT2D eigenvalue weighted by Gasteiger charge is -2.36. The van der Waals surface area contributed by atoms with Crippen molar-refractivity contribution in [2.24, 2.45) is 0 Å². The van der Waals surface area contributed by atoms with Gasteiger partial charge < -0.3 is 20.7 Å². The van der Waals surface area contributed by atoms with E-state index >= 15 is 0 Å². The van der Waals surface area contributed by atoms with Gasteiger partial charge in [0.15, 0.2) is 16.8 Å². The zero-order valence-electron chi connectivity index (χ0n) is 18.2. The van der Waals surface area contributed by atoms with Gasteiger partial charge in [0, 0.05) is 56.8 Å². The molecule has 1 fully saturated rings. The molecule has 33 heavy (non-hydrogen) atoms. The van der Waals surface area contributed by atoms with E-state index in [0.29, 0.717) is 5.13 Å². The van der Waals surface area contributed by atoms with Gasteiger partial charge in [0.2, 0.25) is 5.78 Å². The number of carbonyl (C=O) groups excluding carboxylic acids is 1. The predicted octanol–water partition coefficient (Wildman–Crippen LogP) is 3.75. The number of ketones is 1. The second-order valence-corrected chi connectivity index (χ2v) is 8.68. The van der Waals surface area contributed by atoms with Crippen LogP contribution in [0.15, 0.2) is 42.5 Å². The van der Waals surface area contributed by atoms with E-state index in [1.165, 1.54) is 6.07 Å². The summed E-state index contributed by atoms with van der Waals surface area (Å²) in [4.78, 5) is 21.8. The Labute approximate surface area is 194 Å². The summed E-state index contributed by atoms with van der Waals surface area (Å²) in [7, 11) is 1.72. The predicted molar refractivity (Wildman–Crippen MR) is 127 cm³/mol. The Hall–Kier alpha value is -3.08. The smallest absolute Gasteiger partial charge is 0.206 e. The third-order valence-electron chi connectivity index (χ3n) is 5.51. The van der Waals surface area contributed by atoms with E-state index < -0.39 is 17.4 Å². The number of nitrogens with one attached hydrogen (secondary N) is 1. The fourth-order valence-electron chi connectivity index (χ4n) is 3.65. The van der Waals surface area contributed by atoms with Crippen molar-refractivity contribution in [1.82, 2.24) is 9.88 Å². The molecule has 174 valence electrons. The Morgan fingerprint density at radius 1 is 1.12 bits per heavy atom. The van der Waals surface area contributed by atoms with Crippen LogP contribution in [-0.2, 0) is 4.74 Å². The van der Waals surface area contributed by atoms with Crippen LogP contribution in [0.25, 0.3) is 0 Å². The lowest BCUT2D eigenvalue weighted by atomic mass is 10.1. The molecule has 3 aromatic rings. The molecular formula is C23H25F2N5O2S. The Bertz CT molecular complexity index is 1110. The monoisotopic (exact) mass is 473 g/mol. The van der Waals surface area contributed by atoms with Crippen LogP contribution in [-0.4, -0.2) is 62.1 Å². The number of thiazole rings is 1. The number of hydrogen-bond acceptors (Lipinski definition) is 8. The van der Waals surface area contributed by atoms with Crippen LogP contribution in [0.1, 0.15) is 15.2 Å². The topological polar surface area (TPSA) is 83.7 Å². The number of piperazine rings is 1. The Balaban J connectivity index is 1.39. The van der Waals surface area contributed by atoms with Crippen molar-refractivity contribution in [1.29, 1.82) is 0 Å². The number of nitrogen functional groups attached to an aromatic ring is 1. The summed E-state index contributed by atoms with van der Waals surface area (Å²) in [5.74, 6) is -2.56. The highest BCUT2D eigenvalue weighted by Crippen LogP contribution is 2.30. The van der Waals surface area contributed by atoms with Crippen molar-refractivity contribution in [3.8, 4) is 0 Å². The van der Waals surface area contributed by atoms with Crippen molar-refractivity contribution in [3.63, 3.8) is 0 Å². The van der Waals surface area contributed by atoms with E-state index in [4.69, 9.17) is 10.5 Å². The second-order valence-electron chi connectivity index (χ2n) is 7.68. The van der Waals surface area contributed by atoms with Crippen LogP contribution in [0.4, 0.5) is 31.1 Å². The first kappa shape index (κ1) is 23.1. The van der Waals surface area contributed by atoms with Crippen molar-refractivity contribution in [2.75, 3.05) is 62.4 Å². The largest absolute Gasteiger partial charge is 0.383 e. The van der Waals surface area contributed by atoms with Crippen LogP contribution in [0.3, 0.4) is 0 Å². The zero-order valence-corrected chi connectivity index (χ0v) is 19.0. The van der Waals surface area contributed by atoms with Gasteiger partial charge >= 0.3 is 0 Å². The second kappa shape index (κ2) is 10.2. The third-order valence-corrected chi connectivity index (χ3v) is 6.49. The number of ether oxygens (including phenoxy) is 1. The zero-order chi connectivity index (χ0) is 23.4. The highest BCUT2D eigenvalue weighted by molar-refractivity contribution is 7.18. The number of anilines is 4. The van der Waals surface area contributed by atoms with Crippen LogP contribution in [0, 0.1) is 11.6 Å². The molecule has 1 aliphatic heterocycles. The fraction of sp³-hybridized carbons (Fsp3) is 0.304. The van der Waals surface area contributed by atoms with E-state index in [0.717, 1.165) is 74.2 Å². The molecule has 2 aromatic carbocycles. The summed E-state index contributed by atoms with van der Waals surface area (Å²) in [5.41, 5.74) is 7.88. The minimum Gasteiger partial charge on any atom is -0.383 e. The molecule has 0 saturated carbocycles. The quantitative estimate of drug-likeness (QED) is 0.482. The minimum atomic E-state index is -1.08. The van der Waals surface area contributed by atoms with Gasteiger partial charge in [0.1, 0.15) is 10.7 Å². The van der Waals surface area contributed by atoms with Gasteiger partial charge in [0.25, 0.3) is 0 Å².